The largest absolute Gasteiger partial charge is 0.506 e. The van der Waals surface area contributed by atoms with Gasteiger partial charge in [-0.1, -0.05) is 41.6 Å². The predicted molar refractivity (Wildman–Crippen MR) is 113 cm³/mol. The number of para-hydroxylation sites is 1. The van der Waals surface area contributed by atoms with Crippen molar-refractivity contribution in [2.75, 3.05) is 11.1 Å². The Morgan fingerprint density at radius 3 is 2.86 bits per heavy atom. The fourth-order valence-corrected chi connectivity index (χ4v) is 3.85. The third-order valence-corrected chi connectivity index (χ3v) is 5.45. The maximum absolute atomic E-state index is 12.3. The topological polar surface area (TPSA) is 93.2 Å². The SMILES string of the molecule is CCn1c(SCC(=O)Nc2cc(Cl)ccc2O)nnc1-c1cc2ccccc2o1. The molecule has 2 aromatic carbocycles. The van der Waals surface area contributed by atoms with Crippen molar-refractivity contribution in [3.05, 3.63) is 53.6 Å². The molecule has 0 radical (unpaired) electrons. The molecule has 0 saturated heterocycles. The molecule has 0 atom stereocenters. The summed E-state index contributed by atoms with van der Waals surface area (Å²) in [6.45, 7) is 2.60. The van der Waals surface area contributed by atoms with Gasteiger partial charge in [-0.3, -0.25) is 9.36 Å². The average Bonchev–Trinajstić information content (AvgIpc) is 3.32. The van der Waals surface area contributed by atoms with Gasteiger partial charge in [0.25, 0.3) is 0 Å². The van der Waals surface area contributed by atoms with Gasteiger partial charge in [-0.05, 0) is 37.3 Å². The van der Waals surface area contributed by atoms with E-state index in [1.807, 2.05) is 41.8 Å². The lowest BCUT2D eigenvalue weighted by atomic mass is 10.2. The maximum Gasteiger partial charge on any atom is 0.234 e. The molecule has 0 aliphatic rings. The van der Waals surface area contributed by atoms with E-state index >= 15 is 0 Å². The van der Waals surface area contributed by atoms with Gasteiger partial charge in [0.1, 0.15) is 11.3 Å². The van der Waals surface area contributed by atoms with Crippen LogP contribution in [0, 0.1) is 0 Å². The summed E-state index contributed by atoms with van der Waals surface area (Å²) in [5.74, 6) is 1.00. The Labute approximate surface area is 175 Å². The number of hydrogen-bond donors (Lipinski definition) is 2. The third-order valence-electron chi connectivity index (χ3n) is 4.24. The zero-order valence-corrected chi connectivity index (χ0v) is 17.0. The standard InChI is InChI=1S/C20H17ClN4O3S/c1-2-25-19(17-9-12-5-3-4-6-16(12)28-17)23-24-20(25)29-11-18(27)22-14-10-13(21)7-8-15(14)26/h3-10,26H,2,11H2,1H3,(H,22,27). The summed E-state index contributed by atoms with van der Waals surface area (Å²) in [6, 6.07) is 14.1. The molecule has 29 heavy (non-hydrogen) atoms. The quantitative estimate of drug-likeness (QED) is 0.338. The van der Waals surface area contributed by atoms with Crippen molar-refractivity contribution in [2.24, 2.45) is 0 Å². The average molecular weight is 429 g/mol. The van der Waals surface area contributed by atoms with E-state index in [2.05, 4.69) is 15.5 Å². The Balaban J connectivity index is 1.49. The van der Waals surface area contributed by atoms with Crippen molar-refractivity contribution in [1.82, 2.24) is 14.8 Å². The zero-order chi connectivity index (χ0) is 20.4. The molecule has 2 aromatic heterocycles. The summed E-state index contributed by atoms with van der Waals surface area (Å²) in [6.07, 6.45) is 0. The number of benzene rings is 2. The molecule has 4 aromatic rings. The number of nitrogens with one attached hydrogen (secondary N) is 1. The molecular weight excluding hydrogens is 412 g/mol. The number of hydrogen-bond acceptors (Lipinski definition) is 6. The van der Waals surface area contributed by atoms with Crippen LogP contribution in [0.4, 0.5) is 5.69 Å². The van der Waals surface area contributed by atoms with E-state index in [1.165, 1.54) is 23.9 Å². The molecule has 0 fully saturated rings. The van der Waals surface area contributed by atoms with Crippen LogP contribution in [-0.2, 0) is 11.3 Å². The van der Waals surface area contributed by atoms with Gasteiger partial charge in [0, 0.05) is 17.0 Å². The lowest BCUT2D eigenvalue weighted by Crippen LogP contribution is -2.14. The van der Waals surface area contributed by atoms with E-state index in [0.717, 1.165) is 11.0 Å². The van der Waals surface area contributed by atoms with E-state index in [4.69, 9.17) is 16.0 Å². The molecular formula is C20H17ClN4O3S. The molecule has 7 nitrogen and oxygen atoms in total. The number of aromatic hydroxyl groups is 1. The number of fused-ring (bicyclic) bond motifs is 1. The fraction of sp³-hybridized carbons (Fsp3) is 0.150. The van der Waals surface area contributed by atoms with E-state index in [9.17, 15) is 9.90 Å². The number of phenols is 1. The number of furan rings is 1. The molecule has 0 saturated carbocycles. The second-order valence-electron chi connectivity index (χ2n) is 6.20. The number of anilines is 1. The number of amides is 1. The van der Waals surface area contributed by atoms with Gasteiger partial charge in [0.2, 0.25) is 11.7 Å². The van der Waals surface area contributed by atoms with Crippen molar-refractivity contribution >= 4 is 45.9 Å². The van der Waals surface area contributed by atoms with Gasteiger partial charge in [-0.25, -0.2) is 0 Å². The van der Waals surface area contributed by atoms with Crippen LogP contribution in [0.2, 0.25) is 5.02 Å². The van der Waals surface area contributed by atoms with Crippen LogP contribution in [-0.4, -0.2) is 31.5 Å². The number of rotatable bonds is 6. The number of thioether (sulfide) groups is 1. The Hall–Kier alpha value is -2.97. The van der Waals surface area contributed by atoms with Gasteiger partial charge >= 0.3 is 0 Å². The summed E-state index contributed by atoms with van der Waals surface area (Å²) in [4.78, 5) is 12.3. The minimum Gasteiger partial charge on any atom is -0.506 e. The van der Waals surface area contributed by atoms with Crippen molar-refractivity contribution in [3.8, 4) is 17.3 Å². The van der Waals surface area contributed by atoms with Crippen molar-refractivity contribution in [2.45, 2.75) is 18.6 Å². The van der Waals surface area contributed by atoms with E-state index in [-0.39, 0.29) is 23.1 Å². The number of phenolic OH excluding ortho intramolecular Hbond substituents is 1. The molecule has 2 N–H and O–H groups in total. The first-order chi connectivity index (χ1) is 14.0. The zero-order valence-electron chi connectivity index (χ0n) is 15.4. The van der Waals surface area contributed by atoms with Gasteiger partial charge in [0.15, 0.2) is 10.9 Å². The molecule has 1 amide bonds. The molecule has 9 heteroatoms. The number of aromatic nitrogens is 3. The first-order valence-corrected chi connectivity index (χ1v) is 10.2. The van der Waals surface area contributed by atoms with Crippen LogP contribution in [0.1, 0.15) is 6.92 Å². The Bertz CT molecular complexity index is 1150. The van der Waals surface area contributed by atoms with Crippen LogP contribution in [0.25, 0.3) is 22.6 Å². The van der Waals surface area contributed by atoms with Crippen LogP contribution in [0.15, 0.2) is 58.1 Å². The Morgan fingerprint density at radius 1 is 1.24 bits per heavy atom. The molecule has 0 aliphatic carbocycles. The Morgan fingerprint density at radius 2 is 2.07 bits per heavy atom. The third kappa shape index (κ3) is 4.08. The van der Waals surface area contributed by atoms with E-state index < -0.39 is 0 Å². The lowest BCUT2D eigenvalue weighted by Gasteiger charge is -2.08. The van der Waals surface area contributed by atoms with Gasteiger partial charge in [0.05, 0.1) is 11.4 Å². The van der Waals surface area contributed by atoms with Gasteiger partial charge in [-0.2, -0.15) is 0 Å². The smallest absolute Gasteiger partial charge is 0.234 e. The van der Waals surface area contributed by atoms with Gasteiger partial charge < -0.3 is 14.8 Å². The lowest BCUT2D eigenvalue weighted by molar-refractivity contribution is -0.113. The van der Waals surface area contributed by atoms with Crippen LogP contribution in [0.5, 0.6) is 5.75 Å². The number of halogens is 1. The molecule has 148 valence electrons. The first kappa shape index (κ1) is 19.4. The molecule has 0 unspecified atom stereocenters. The summed E-state index contributed by atoms with van der Waals surface area (Å²) in [7, 11) is 0. The highest BCUT2D eigenvalue weighted by molar-refractivity contribution is 7.99. The first-order valence-electron chi connectivity index (χ1n) is 8.88. The summed E-state index contributed by atoms with van der Waals surface area (Å²) in [5, 5.41) is 22.9. The minimum atomic E-state index is -0.288. The predicted octanol–water partition coefficient (Wildman–Crippen LogP) is 4.80. The summed E-state index contributed by atoms with van der Waals surface area (Å²) >= 11 is 7.16. The number of nitrogens with zero attached hydrogens (tertiary/aromatic N) is 3. The second-order valence-corrected chi connectivity index (χ2v) is 7.58. The highest BCUT2D eigenvalue weighted by Gasteiger charge is 2.18. The molecule has 0 spiro atoms. The van der Waals surface area contributed by atoms with Crippen LogP contribution >= 0.6 is 23.4 Å². The maximum atomic E-state index is 12.3. The van der Waals surface area contributed by atoms with Crippen molar-refractivity contribution in [3.63, 3.8) is 0 Å². The van der Waals surface area contributed by atoms with E-state index in [1.54, 1.807) is 6.07 Å². The number of carbonyl (C=O) groups is 1. The molecule has 4 rings (SSSR count). The minimum absolute atomic E-state index is 0.0448. The fourth-order valence-electron chi connectivity index (χ4n) is 2.88. The van der Waals surface area contributed by atoms with Crippen LogP contribution in [0.3, 0.4) is 0 Å². The monoisotopic (exact) mass is 428 g/mol. The highest BCUT2D eigenvalue weighted by Crippen LogP contribution is 2.30. The van der Waals surface area contributed by atoms with Crippen LogP contribution < -0.4 is 5.32 Å². The normalized spacial score (nSPS) is 11.1. The second kappa shape index (κ2) is 8.18. The Kier molecular flexibility index (Phi) is 5.46. The summed E-state index contributed by atoms with van der Waals surface area (Å²) in [5.41, 5.74) is 1.05. The van der Waals surface area contributed by atoms with Gasteiger partial charge in [-0.15, -0.1) is 10.2 Å². The number of carbonyl (C=O) groups excluding carboxylic acids is 1. The van der Waals surface area contributed by atoms with Crippen molar-refractivity contribution in [1.29, 1.82) is 0 Å². The molecule has 2 heterocycles. The molecule has 0 aliphatic heterocycles. The summed E-state index contributed by atoms with van der Waals surface area (Å²) < 4.78 is 7.78. The van der Waals surface area contributed by atoms with E-state index in [0.29, 0.717) is 28.3 Å². The van der Waals surface area contributed by atoms with Crippen molar-refractivity contribution < 1.29 is 14.3 Å². The highest BCUT2D eigenvalue weighted by atomic mass is 35.5. The molecule has 0 bridgehead atoms.